The van der Waals surface area contributed by atoms with Gasteiger partial charge in [0.05, 0.1) is 0 Å². The van der Waals surface area contributed by atoms with Crippen LogP contribution in [0, 0.1) is 29.4 Å². The molecule has 0 aliphatic heterocycles. The van der Waals surface area contributed by atoms with Crippen molar-refractivity contribution < 1.29 is 13.5 Å². The van der Waals surface area contributed by atoms with Crippen molar-refractivity contribution in [2.75, 3.05) is 6.61 Å². The normalized spacial score (nSPS) is 26.1. The molecule has 0 bridgehead atoms. The lowest BCUT2D eigenvalue weighted by Crippen LogP contribution is -2.17. The highest BCUT2D eigenvalue weighted by atomic mass is 19.2. The molecule has 0 N–H and O–H groups in total. The Kier molecular flexibility index (Phi) is 7.65. The number of ether oxygens (including phenoxy) is 1. The summed E-state index contributed by atoms with van der Waals surface area (Å²) < 4.78 is 35.4. The summed E-state index contributed by atoms with van der Waals surface area (Å²) in [6, 6.07) is 7.08. The van der Waals surface area contributed by atoms with E-state index in [1.54, 1.807) is 12.1 Å². The second-order valence-electron chi connectivity index (χ2n) is 9.89. The first-order valence-corrected chi connectivity index (χ1v) is 12.4. The molecule has 0 heterocycles. The van der Waals surface area contributed by atoms with Crippen LogP contribution < -0.4 is 4.74 Å². The number of rotatable bonds is 8. The van der Waals surface area contributed by atoms with E-state index in [1.807, 2.05) is 18.2 Å². The molecule has 0 amide bonds. The number of allylic oxidation sites excluding steroid dienone is 1. The number of hydrogen-bond donors (Lipinski definition) is 0. The lowest BCUT2D eigenvalue weighted by molar-refractivity contribution is 0.245. The Bertz CT molecular complexity index is 934. The van der Waals surface area contributed by atoms with Gasteiger partial charge in [0.25, 0.3) is 0 Å². The molecule has 172 valence electrons. The molecule has 4 rings (SSSR count). The van der Waals surface area contributed by atoms with Crippen LogP contribution in [0.15, 0.2) is 49.6 Å². The highest BCUT2D eigenvalue weighted by Crippen LogP contribution is 2.42. The smallest absolute Gasteiger partial charge is 0.167 e. The third-order valence-corrected chi connectivity index (χ3v) is 7.88. The highest BCUT2D eigenvalue weighted by molar-refractivity contribution is 5.85. The minimum Gasteiger partial charge on any atom is -0.490 e. The van der Waals surface area contributed by atoms with Gasteiger partial charge in [0, 0.05) is 5.39 Å². The van der Waals surface area contributed by atoms with Crippen LogP contribution >= 0.6 is 0 Å². The van der Waals surface area contributed by atoms with Crippen LogP contribution in [-0.4, -0.2) is 6.61 Å². The van der Waals surface area contributed by atoms with Crippen molar-refractivity contribution in [1.29, 1.82) is 0 Å². The van der Waals surface area contributed by atoms with Crippen LogP contribution in [0.4, 0.5) is 8.78 Å². The summed E-state index contributed by atoms with van der Waals surface area (Å²) in [6.07, 6.45) is 15.8. The van der Waals surface area contributed by atoms with Crippen molar-refractivity contribution in [3.8, 4) is 5.75 Å². The largest absolute Gasteiger partial charge is 0.490 e. The van der Waals surface area contributed by atoms with Crippen LogP contribution in [0.25, 0.3) is 10.8 Å². The summed E-state index contributed by atoms with van der Waals surface area (Å²) in [5.41, 5.74) is 0.552. The van der Waals surface area contributed by atoms with Crippen molar-refractivity contribution in [3.05, 3.63) is 66.8 Å². The van der Waals surface area contributed by atoms with Crippen LogP contribution in [0.1, 0.15) is 75.7 Å². The second kappa shape index (κ2) is 10.6. The molecule has 0 radical (unpaired) electrons. The molecule has 0 atom stereocenters. The van der Waals surface area contributed by atoms with Crippen LogP contribution in [0.5, 0.6) is 5.75 Å². The third-order valence-electron chi connectivity index (χ3n) is 7.88. The van der Waals surface area contributed by atoms with E-state index < -0.39 is 11.6 Å². The maximum Gasteiger partial charge on any atom is 0.167 e. The predicted octanol–water partition coefficient (Wildman–Crippen LogP) is 8.73. The summed E-state index contributed by atoms with van der Waals surface area (Å²) in [7, 11) is 0. The van der Waals surface area contributed by atoms with Crippen molar-refractivity contribution in [3.63, 3.8) is 0 Å². The van der Waals surface area contributed by atoms with E-state index in [1.165, 1.54) is 38.5 Å². The fourth-order valence-electron chi connectivity index (χ4n) is 5.82. The van der Waals surface area contributed by atoms with Crippen molar-refractivity contribution >= 4 is 10.8 Å². The standard InChI is InChI=1S/C29H36F2O/c1-3-17-32-25-16-15-24-18-26(28(30)29(31)27(24)19-25)23-13-11-22(12-14-23)10-9-21-7-5-20(4-2)6-8-21/h3-4,15-16,18-23H,1-2,5-14,17H2. The van der Waals surface area contributed by atoms with Gasteiger partial charge in [-0.1, -0.05) is 37.6 Å². The van der Waals surface area contributed by atoms with Gasteiger partial charge in [-0.15, -0.1) is 6.58 Å². The summed E-state index contributed by atoms with van der Waals surface area (Å²) >= 11 is 0. The molecule has 1 nitrogen and oxygen atoms in total. The van der Waals surface area contributed by atoms with Gasteiger partial charge in [-0.25, -0.2) is 8.78 Å². The summed E-state index contributed by atoms with van der Waals surface area (Å²) in [5, 5.41) is 1.02. The van der Waals surface area contributed by atoms with E-state index >= 15 is 4.39 Å². The first-order valence-electron chi connectivity index (χ1n) is 12.4. The van der Waals surface area contributed by atoms with Gasteiger partial charge in [0.1, 0.15) is 12.4 Å². The Hall–Kier alpha value is -2.16. The van der Waals surface area contributed by atoms with Crippen molar-refractivity contribution in [1.82, 2.24) is 0 Å². The molecular formula is C29H36F2O. The zero-order chi connectivity index (χ0) is 22.5. The fourth-order valence-corrected chi connectivity index (χ4v) is 5.82. The van der Waals surface area contributed by atoms with Crippen LogP contribution in [-0.2, 0) is 0 Å². The van der Waals surface area contributed by atoms with Crippen molar-refractivity contribution in [2.24, 2.45) is 17.8 Å². The van der Waals surface area contributed by atoms with E-state index in [4.69, 9.17) is 4.74 Å². The molecule has 2 aromatic carbocycles. The first-order chi connectivity index (χ1) is 15.6. The van der Waals surface area contributed by atoms with Gasteiger partial charge in [-0.3, -0.25) is 0 Å². The molecule has 0 aromatic heterocycles. The van der Waals surface area contributed by atoms with E-state index in [9.17, 15) is 4.39 Å². The van der Waals surface area contributed by atoms with Crippen molar-refractivity contribution in [2.45, 2.75) is 70.1 Å². The van der Waals surface area contributed by atoms with E-state index in [0.717, 1.165) is 48.8 Å². The minimum atomic E-state index is -0.751. The lowest BCUT2D eigenvalue weighted by atomic mass is 9.74. The Morgan fingerprint density at radius 2 is 1.50 bits per heavy atom. The average Bonchev–Trinajstić information content (AvgIpc) is 2.84. The van der Waals surface area contributed by atoms with Gasteiger partial charge in [-0.2, -0.15) is 0 Å². The molecule has 2 aromatic rings. The first kappa shape index (κ1) is 23.0. The zero-order valence-corrected chi connectivity index (χ0v) is 19.1. The predicted molar refractivity (Wildman–Crippen MR) is 129 cm³/mol. The van der Waals surface area contributed by atoms with Gasteiger partial charge < -0.3 is 4.74 Å². The van der Waals surface area contributed by atoms with E-state index in [2.05, 4.69) is 19.2 Å². The topological polar surface area (TPSA) is 9.23 Å². The number of fused-ring (bicyclic) bond motifs is 1. The molecule has 32 heavy (non-hydrogen) atoms. The summed E-state index contributed by atoms with van der Waals surface area (Å²) in [5.74, 6) is 1.55. The Morgan fingerprint density at radius 3 is 2.12 bits per heavy atom. The molecule has 2 fully saturated rings. The average molecular weight is 439 g/mol. The van der Waals surface area contributed by atoms with Crippen LogP contribution in [0.3, 0.4) is 0 Å². The number of halogens is 2. The molecular weight excluding hydrogens is 402 g/mol. The molecule has 3 heteroatoms. The number of benzene rings is 2. The van der Waals surface area contributed by atoms with Gasteiger partial charge >= 0.3 is 0 Å². The Morgan fingerprint density at radius 1 is 0.844 bits per heavy atom. The maximum absolute atomic E-state index is 15.0. The molecule has 0 unspecified atom stereocenters. The van der Waals surface area contributed by atoms with Gasteiger partial charge in [0.15, 0.2) is 11.6 Å². The molecule has 2 aliphatic rings. The fraction of sp³-hybridized carbons (Fsp3) is 0.517. The molecule has 2 saturated carbocycles. The summed E-state index contributed by atoms with van der Waals surface area (Å²) in [6.45, 7) is 7.90. The van der Waals surface area contributed by atoms with Gasteiger partial charge in [-0.05, 0) is 104 Å². The zero-order valence-electron chi connectivity index (χ0n) is 19.1. The molecule has 2 aliphatic carbocycles. The lowest BCUT2D eigenvalue weighted by Gasteiger charge is -2.31. The maximum atomic E-state index is 15.0. The third kappa shape index (κ3) is 5.24. The summed E-state index contributed by atoms with van der Waals surface area (Å²) in [4.78, 5) is 0. The van der Waals surface area contributed by atoms with Crippen LogP contribution in [0.2, 0.25) is 0 Å². The quantitative estimate of drug-likeness (QED) is 0.374. The molecule has 0 spiro atoms. The Labute approximate surface area is 191 Å². The number of hydrogen-bond acceptors (Lipinski definition) is 1. The monoisotopic (exact) mass is 438 g/mol. The highest BCUT2D eigenvalue weighted by Gasteiger charge is 2.27. The SMILES string of the molecule is C=CCOc1ccc2cc(C3CCC(CCC4CCC(C=C)CC4)CC3)c(F)c(F)c2c1. The molecule has 0 saturated heterocycles. The second-order valence-corrected chi connectivity index (χ2v) is 9.89. The van der Waals surface area contributed by atoms with Gasteiger partial charge in [0.2, 0.25) is 0 Å². The Balaban J connectivity index is 1.35. The van der Waals surface area contributed by atoms with E-state index in [-0.39, 0.29) is 11.3 Å². The minimum absolute atomic E-state index is 0.116. The van der Waals surface area contributed by atoms with E-state index in [0.29, 0.717) is 17.9 Å².